The lowest BCUT2D eigenvalue weighted by Gasteiger charge is -2.16. The van der Waals surface area contributed by atoms with E-state index in [-0.39, 0.29) is 6.10 Å². The van der Waals surface area contributed by atoms with E-state index >= 15 is 0 Å². The van der Waals surface area contributed by atoms with Gasteiger partial charge in [0.25, 0.3) is 0 Å². The molecule has 1 N–H and O–H groups in total. The van der Waals surface area contributed by atoms with Crippen molar-refractivity contribution < 1.29 is 9.47 Å². The molecule has 1 aromatic heterocycles. The number of ether oxygens (including phenoxy) is 2. The molecule has 0 radical (unpaired) electrons. The minimum absolute atomic E-state index is 0.139. The van der Waals surface area contributed by atoms with Crippen LogP contribution in [0.1, 0.15) is 19.0 Å². The Bertz CT molecular complexity index is 318. The Balaban J connectivity index is 2.21. The third kappa shape index (κ3) is 5.65. The van der Waals surface area contributed by atoms with Crippen molar-refractivity contribution in [3.05, 3.63) is 24.0 Å². The SMILES string of the molecule is COCCCNCC(C)Oc1cccnc1C. The van der Waals surface area contributed by atoms with Gasteiger partial charge in [-0.2, -0.15) is 0 Å². The molecule has 0 aromatic carbocycles. The molecule has 0 fully saturated rings. The van der Waals surface area contributed by atoms with Crippen LogP contribution >= 0.6 is 0 Å². The van der Waals surface area contributed by atoms with Crippen molar-refractivity contribution in [3.8, 4) is 5.75 Å². The Morgan fingerprint density at radius 1 is 1.47 bits per heavy atom. The largest absolute Gasteiger partial charge is 0.487 e. The highest BCUT2D eigenvalue weighted by Gasteiger charge is 2.05. The molecule has 0 aliphatic rings. The van der Waals surface area contributed by atoms with E-state index < -0.39 is 0 Å². The molecule has 1 atom stereocenters. The molecule has 1 aromatic rings. The van der Waals surface area contributed by atoms with E-state index in [2.05, 4.69) is 17.2 Å². The molecule has 96 valence electrons. The van der Waals surface area contributed by atoms with Gasteiger partial charge in [0.05, 0.1) is 5.69 Å². The Labute approximate surface area is 103 Å². The highest BCUT2D eigenvalue weighted by molar-refractivity contribution is 5.25. The fourth-order valence-corrected chi connectivity index (χ4v) is 1.50. The van der Waals surface area contributed by atoms with Gasteiger partial charge in [0, 0.05) is 26.5 Å². The maximum atomic E-state index is 5.80. The molecule has 4 heteroatoms. The highest BCUT2D eigenvalue weighted by Crippen LogP contribution is 2.14. The molecule has 0 bridgehead atoms. The van der Waals surface area contributed by atoms with Gasteiger partial charge in [-0.05, 0) is 38.9 Å². The lowest BCUT2D eigenvalue weighted by Crippen LogP contribution is -2.30. The summed E-state index contributed by atoms with van der Waals surface area (Å²) in [5.41, 5.74) is 0.929. The fourth-order valence-electron chi connectivity index (χ4n) is 1.50. The van der Waals surface area contributed by atoms with E-state index in [0.717, 1.165) is 37.6 Å². The zero-order valence-corrected chi connectivity index (χ0v) is 10.9. The molecule has 1 heterocycles. The zero-order chi connectivity index (χ0) is 12.5. The van der Waals surface area contributed by atoms with Crippen molar-refractivity contribution in [3.63, 3.8) is 0 Å². The third-order valence-corrected chi connectivity index (χ3v) is 2.42. The summed E-state index contributed by atoms with van der Waals surface area (Å²) in [5, 5.41) is 3.33. The molecule has 4 nitrogen and oxygen atoms in total. The van der Waals surface area contributed by atoms with Gasteiger partial charge in [0.2, 0.25) is 0 Å². The molecule has 17 heavy (non-hydrogen) atoms. The predicted octanol–water partition coefficient (Wildman–Crippen LogP) is 1.78. The maximum absolute atomic E-state index is 5.80. The summed E-state index contributed by atoms with van der Waals surface area (Å²) in [6.45, 7) is 6.58. The molecule has 1 rings (SSSR count). The van der Waals surface area contributed by atoms with Gasteiger partial charge in [-0.1, -0.05) is 0 Å². The minimum atomic E-state index is 0.139. The standard InChI is InChI=1S/C13H22N2O2/c1-11(10-14-7-5-9-16-3)17-13-6-4-8-15-12(13)2/h4,6,8,11,14H,5,7,9-10H2,1-3H3. The van der Waals surface area contributed by atoms with Crippen LogP contribution in [-0.4, -0.2) is 37.9 Å². The average molecular weight is 238 g/mol. The number of hydrogen-bond acceptors (Lipinski definition) is 4. The first-order valence-corrected chi connectivity index (χ1v) is 6.02. The smallest absolute Gasteiger partial charge is 0.140 e. The summed E-state index contributed by atoms with van der Waals surface area (Å²) >= 11 is 0. The normalized spacial score (nSPS) is 12.4. The van der Waals surface area contributed by atoms with E-state index in [1.54, 1.807) is 13.3 Å². The number of pyridine rings is 1. The monoisotopic (exact) mass is 238 g/mol. The number of nitrogens with one attached hydrogen (secondary N) is 1. The van der Waals surface area contributed by atoms with Crippen LogP contribution in [0.3, 0.4) is 0 Å². The van der Waals surface area contributed by atoms with Gasteiger partial charge in [0.15, 0.2) is 0 Å². The van der Waals surface area contributed by atoms with Crippen molar-refractivity contribution in [2.45, 2.75) is 26.4 Å². The van der Waals surface area contributed by atoms with Gasteiger partial charge in [-0.3, -0.25) is 4.98 Å². The molecule has 0 aliphatic heterocycles. The summed E-state index contributed by atoms with van der Waals surface area (Å²) in [4.78, 5) is 4.19. The number of aryl methyl sites for hydroxylation is 1. The summed E-state index contributed by atoms with van der Waals surface area (Å²) in [5.74, 6) is 0.860. The number of hydrogen-bond donors (Lipinski definition) is 1. The van der Waals surface area contributed by atoms with Crippen LogP contribution in [0.15, 0.2) is 18.3 Å². The molecule has 1 unspecified atom stereocenters. The Morgan fingerprint density at radius 3 is 3.00 bits per heavy atom. The molecular formula is C13H22N2O2. The maximum Gasteiger partial charge on any atom is 0.140 e. The van der Waals surface area contributed by atoms with Crippen molar-refractivity contribution in [2.24, 2.45) is 0 Å². The number of rotatable bonds is 8. The van der Waals surface area contributed by atoms with Gasteiger partial charge >= 0.3 is 0 Å². The van der Waals surface area contributed by atoms with Gasteiger partial charge in [0.1, 0.15) is 11.9 Å². The zero-order valence-electron chi connectivity index (χ0n) is 10.9. The highest BCUT2D eigenvalue weighted by atomic mass is 16.5. The average Bonchev–Trinajstić information content (AvgIpc) is 2.32. The molecule has 0 aliphatic carbocycles. The van der Waals surface area contributed by atoms with E-state index in [9.17, 15) is 0 Å². The Hall–Kier alpha value is -1.13. The van der Waals surface area contributed by atoms with Crippen LogP contribution in [0.4, 0.5) is 0 Å². The van der Waals surface area contributed by atoms with Crippen LogP contribution in [0.25, 0.3) is 0 Å². The molecule has 0 spiro atoms. The second-order valence-corrected chi connectivity index (χ2v) is 4.07. The summed E-state index contributed by atoms with van der Waals surface area (Å²) in [6.07, 6.45) is 2.94. The van der Waals surface area contributed by atoms with Gasteiger partial charge < -0.3 is 14.8 Å². The number of nitrogens with zero attached hydrogens (tertiary/aromatic N) is 1. The van der Waals surface area contributed by atoms with Crippen LogP contribution in [-0.2, 0) is 4.74 Å². The molecular weight excluding hydrogens is 216 g/mol. The second kappa shape index (κ2) is 8.03. The van der Waals surface area contributed by atoms with Crippen LogP contribution < -0.4 is 10.1 Å². The summed E-state index contributed by atoms with van der Waals surface area (Å²) in [6, 6.07) is 3.84. The van der Waals surface area contributed by atoms with Crippen LogP contribution in [0, 0.1) is 6.92 Å². The quantitative estimate of drug-likeness (QED) is 0.701. The number of methoxy groups -OCH3 is 1. The van der Waals surface area contributed by atoms with E-state index in [4.69, 9.17) is 9.47 Å². The first-order chi connectivity index (χ1) is 8.24. The first kappa shape index (κ1) is 13.9. The Morgan fingerprint density at radius 2 is 2.29 bits per heavy atom. The topological polar surface area (TPSA) is 43.4 Å². The number of aromatic nitrogens is 1. The predicted molar refractivity (Wildman–Crippen MR) is 68.4 cm³/mol. The lowest BCUT2D eigenvalue weighted by molar-refractivity contribution is 0.188. The second-order valence-electron chi connectivity index (χ2n) is 4.07. The molecule has 0 saturated heterocycles. The van der Waals surface area contributed by atoms with Crippen molar-refractivity contribution in [2.75, 3.05) is 26.8 Å². The van der Waals surface area contributed by atoms with Gasteiger partial charge in [-0.15, -0.1) is 0 Å². The van der Waals surface area contributed by atoms with Crippen molar-refractivity contribution in [1.82, 2.24) is 10.3 Å². The van der Waals surface area contributed by atoms with E-state index in [1.165, 1.54) is 0 Å². The lowest BCUT2D eigenvalue weighted by atomic mass is 10.3. The van der Waals surface area contributed by atoms with Gasteiger partial charge in [-0.25, -0.2) is 0 Å². The Kier molecular flexibility index (Phi) is 6.58. The summed E-state index contributed by atoms with van der Waals surface area (Å²) in [7, 11) is 1.72. The van der Waals surface area contributed by atoms with Crippen LogP contribution in [0.5, 0.6) is 5.75 Å². The van der Waals surface area contributed by atoms with Crippen molar-refractivity contribution >= 4 is 0 Å². The minimum Gasteiger partial charge on any atom is -0.487 e. The van der Waals surface area contributed by atoms with E-state index in [1.807, 2.05) is 19.1 Å². The first-order valence-electron chi connectivity index (χ1n) is 6.02. The summed E-state index contributed by atoms with van der Waals surface area (Å²) < 4.78 is 10.8. The van der Waals surface area contributed by atoms with E-state index in [0.29, 0.717) is 0 Å². The third-order valence-electron chi connectivity index (χ3n) is 2.42. The molecule has 0 amide bonds. The van der Waals surface area contributed by atoms with Crippen molar-refractivity contribution in [1.29, 1.82) is 0 Å². The molecule has 0 saturated carbocycles. The fraction of sp³-hybridized carbons (Fsp3) is 0.615. The van der Waals surface area contributed by atoms with Crippen LogP contribution in [0.2, 0.25) is 0 Å².